The standard InChI is InChI=1S/C31H24ClN7O14S4.3Na/c32-29-37-30(35-15-5-8-17(9-6-15)54(42,43)12-11-53-57(50,51)52)39-31(38-29)36-20-13-16(7-10-22(20)55(44,45)46)34-21-14-23(56(47,48)49)26(33)25-24(21)27(40)18-3-1-2-4-19(18)28(25)41;;;/h1-10,13-14,34H,11-12,33H2,(H,44,45,46)(H,47,48,49)(H,50,51,52)(H2,35,36,37,38,39);;;/q;3*+1/p-3. The third-order valence-electron chi connectivity index (χ3n) is 7.88. The Morgan fingerprint density at radius 3 is 1.87 bits per heavy atom. The molecule has 0 spiro atoms. The van der Waals surface area contributed by atoms with Gasteiger partial charge in [-0.25, -0.2) is 38.7 Å². The molecule has 1 aliphatic rings. The molecule has 0 saturated heterocycles. The molecular formula is C31H21ClN7Na3O14S4. The fraction of sp³-hybridized carbons (Fsp3) is 0.0645. The summed E-state index contributed by atoms with van der Waals surface area (Å²) in [7, 11) is -19.8. The van der Waals surface area contributed by atoms with Crippen LogP contribution in [0.1, 0.15) is 31.8 Å². The predicted octanol–water partition coefficient (Wildman–Crippen LogP) is -7.39. The van der Waals surface area contributed by atoms with E-state index in [1.165, 1.54) is 36.4 Å². The summed E-state index contributed by atoms with van der Waals surface area (Å²) in [6, 6.07) is 14.0. The minimum atomic E-state index is -5.34. The van der Waals surface area contributed by atoms with Crippen LogP contribution >= 0.6 is 11.6 Å². The van der Waals surface area contributed by atoms with Crippen LogP contribution in [0.2, 0.25) is 5.28 Å². The Hall–Kier alpha value is -2.64. The van der Waals surface area contributed by atoms with Crippen LogP contribution in [-0.4, -0.2) is 86.2 Å². The summed E-state index contributed by atoms with van der Waals surface area (Å²) in [6.45, 7) is -0.909. The van der Waals surface area contributed by atoms with E-state index < -0.39 is 108 Å². The van der Waals surface area contributed by atoms with Crippen molar-refractivity contribution >= 4 is 98.0 Å². The minimum Gasteiger partial charge on any atom is -0.744 e. The number of hydrogen-bond donors (Lipinski definition) is 4. The first-order chi connectivity index (χ1) is 26.5. The normalized spacial score (nSPS) is 12.9. The van der Waals surface area contributed by atoms with Crippen LogP contribution in [-0.2, 0) is 44.7 Å². The number of aromatic amines is 1. The number of aromatic nitrogens is 3. The zero-order chi connectivity index (χ0) is 41.7. The third-order valence-corrected chi connectivity index (χ3v) is 12.0. The first-order valence-corrected chi connectivity index (χ1v) is 21.6. The number of halogens is 1. The minimum absolute atomic E-state index is 0. The number of nitrogens with one attached hydrogen (secondary N) is 3. The summed E-state index contributed by atoms with van der Waals surface area (Å²) in [5.41, 5.74) is 2.72. The van der Waals surface area contributed by atoms with Gasteiger partial charge in [0, 0.05) is 22.5 Å². The number of nitrogen functional groups attached to an aromatic ring is 1. The zero-order valence-electron chi connectivity index (χ0n) is 31.0. The van der Waals surface area contributed by atoms with Gasteiger partial charge in [0.1, 0.15) is 20.2 Å². The number of fused-ring (bicyclic) bond motifs is 2. The van der Waals surface area contributed by atoms with E-state index in [0.29, 0.717) is 0 Å². The Morgan fingerprint density at radius 2 is 1.30 bits per heavy atom. The second kappa shape index (κ2) is 19.8. The maximum absolute atomic E-state index is 13.7. The van der Waals surface area contributed by atoms with Crippen molar-refractivity contribution in [3.63, 3.8) is 0 Å². The molecule has 5 N–H and O–H groups in total. The van der Waals surface area contributed by atoms with Gasteiger partial charge in [-0.05, 0) is 60.1 Å². The fourth-order valence-electron chi connectivity index (χ4n) is 5.48. The number of anilines is 5. The van der Waals surface area contributed by atoms with Crippen molar-refractivity contribution in [1.82, 2.24) is 15.0 Å². The Kier molecular flexibility index (Phi) is 17.1. The van der Waals surface area contributed by atoms with Crippen molar-refractivity contribution in [2.24, 2.45) is 4.99 Å². The molecule has 60 heavy (non-hydrogen) atoms. The summed E-state index contributed by atoms with van der Waals surface area (Å²) in [6.07, 6.45) is 0. The van der Waals surface area contributed by atoms with E-state index in [-0.39, 0.29) is 127 Å². The van der Waals surface area contributed by atoms with Crippen molar-refractivity contribution < 1.29 is 150 Å². The molecule has 0 unspecified atom stereocenters. The molecular weight excluding hydrogens is 927 g/mol. The first kappa shape index (κ1) is 51.7. The number of nitrogens with zero attached hydrogens (tertiary/aromatic N) is 3. The summed E-state index contributed by atoms with van der Waals surface area (Å²) in [5.74, 6) is -2.73. The number of carbonyl (C=O) groups is 2. The largest absolute Gasteiger partial charge is 1.00 e. The van der Waals surface area contributed by atoms with Gasteiger partial charge in [-0.3, -0.25) is 18.8 Å². The van der Waals surface area contributed by atoms with E-state index in [1.807, 2.05) is 0 Å². The summed E-state index contributed by atoms with van der Waals surface area (Å²) >= 11 is 6.11. The average molecular weight is 948 g/mol. The van der Waals surface area contributed by atoms with E-state index in [0.717, 1.165) is 36.4 Å². The fourth-order valence-corrected chi connectivity index (χ4v) is 8.35. The Morgan fingerprint density at radius 1 is 0.733 bits per heavy atom. The number of hydrogen-bond acceptors (Lipinski definition) is 20. The van der Waals surface area contributed by atoms with Gasteiger partial charge >= 0.3 is 88.7 Å². The van der Waals surface area contributed by atoms with Crippen LogP contribution in [0.5, 0.6) is 0 Å². The number of ketones is 2. The smallest absolute Gasteiger partial charge is 0.744 e. The van der Waals surface area contributed by atoms with Crippen molar-refractivity contribution in [3.8, 4) is 0 Å². The molecule has 5 aromatic rings. The van der Waals surface area contributed by atoms with Crippen molar-refractivity contribution in [2.75, 3.05) is 28.7 Å². The van der Waals surface area contributed by atoms with E-state index in [2.05, 4.69) is 34.8 Å². The molecule has 0 fully saturated rings. The maximum Gasteiger partial charge on any atom is 1.00 e. The van der Waals surface area contributed by atoms with Crippen LogP contribution in [0.15, 0.2) is 92.5 Å². The van der Waals surface area contributed by atoms with E-state index in [9.17, 15) is 56.9 Å². The molecule has 29 heteroatoms. The van der Waals surface area contributed by atoms with E-state index >= 15 is 0 Å². The molecule has 1 aliphatic carbocycles. The van der Waals surface area contributed by atoms with Crippen molar-refractivity contribution in [3.05, 3.63) is 106 Å². The molecule has 1 aromatic heterocycles. The molecule has 0 atom stereocenters. The van der Waals surface area contributed by atoms with Crippen molar-refractivity contribution in [2.45, 2.75) is 14.7 Å². The average Bonchev–Trinajstić information content (AvgIpc) is 3.09. The molecule has 0 amide bonds. The summed E-state index contributed by atoms with van der Waals surface area (Å²) in [5, 5.41) is 5.02. The number of carbonyl (C=O) groups excluding carboxylic acids is 2. The molecule has 0 aliphatic heterocycles. The van der Waals surface area contributed by atoms with E-state index in [4.69, 9.17) is 17.3 Å². The number of benzene rings is 4. The maximum atomic E-state index is 13.7. The van der Waals surface area contributed by atoms with Gasteiger partial charge in [0.15, 0.2) is 21.4 Å². The second-order valence-corrected chi connectivity index (χ2v) is 17.8. The topological polar surface area (TPSA) is 353 Å². The van der Waals surface area contributed by atoms with Gasteiger partial charge in [-0.2, -0.15) is 9.97 Å². The van der Waals surface area contributed by atoms with Gasteiger partial charge in [-0.1, -0.05) is 24.3 Å². The summed E-state index contributed by atoms with van der Waals surface area (Å²) < 4.78 is 134. The zero-order valence-corrected chi connectivity index (χ0v) is 41.0. The molecule has 21 nitrogen and oxygen atoms in total. The SMILES string of the molecule is Nc1c(S(=O)(=O)[O-])cc(Nc2ccc(S(=O)(=O)[O-])c(N=c3nc(Nc4ccc(S(=O)(=O)CCOS(=O)(=O)[O-])cc4)nc(Cl)[nH]3)c2)c2c1C(=O)c1ccccc1C2=O.[Na+].[Na+].[Na+]. The molecule has 298 valence electrons. The van der Waals surface area contributed by atoms with Gasteiger partial charge in [0.25, 0.3) is 0 Å². The molecule has 0 saturated carbocycles. The van der Waals surface area contributed by atoms with Crippen LogP contribution in [0, 0.1) is 0 Å². The number of rotatable bonds is 12. The predicted molar refractivity (Wildman–Crippen MR) is 194 cm³/mol. The number of H-pyrrole nitrogens is 1. The van der Waals surface area contributed by atoms with Gasteiger partial charge in [-0.15, -0.1) is 0 Å². The monoisotopic (exact) mass is 947 g/mol. The second-order valence-electron chi connectivity index (χ2n) is 11.6. The van der Waals surface area contributed by atoms with E-state index in [1.54, 1.807) is 0 Å². The molecule has 0 radical (unpaired) electrons. The van der Waals surface area contributed by atoms with Gasteiger partial charge in [0.2, 0.25) is 27.2 Å². The Bertz CT molecular complexity index is 3070. The Labute approximate surface area is 412 Å². The van der Waals surface area contributed by atoms with Gasteiger partial charge < -0.3 is 30.0 Å². The van der Waals surface area contributed by atoms with Crippen LogP contribution < -0.4 is 111 Å². The van der Waals surface area contributed by atoms with Crippen LogP contribution in [0.25, 0.3) is 0 Å². The first-order valence-electron chi connectivity index (χ1n) is 15.4. The number of sulfone groups is 1. The molecule has 0 bridgehead atoms. The van der Waals surface area contributed by atoms with Crippen molar-refractivity contribution in [1.29, 1.82) is 0 Å². The quantitative estimate of drug-likeness (QED) is 0.0383. The number of nitrogens with two attached hydrogens (primary N) is 1. The summed E-state index contributed by atoms with van der Waals surface area (Å²) in [4.78, 5) is 39.5. The molecule has 6 rings (SSSR count). The van der Waals surface area contributed by atoms with Crippen LogP contribution in [0.3, 0.4) is 0 Å². The van der Waals surface area contributed by atoms with Crippen LogP contribution in [0.4, 0.5) is 34.4 Å². The Balaban J connectivity index is 0.00000320. The molecule has 4 aromatic carbocycles. The third kappa shape index (κ3) is 11.9. The van der Waals surface area contributed by atoms with Gasteiger partial charge in [0.05, 0.1) is 55.2 Å². The molecule has 1 heterocycles.